The maximum absolute atomic E-state index is 6.26. The lowest BCUT2D eigenvalue weighted by Crippen LogP contribution is -2.32. The molecule has 2 nitrogen and oxygen atoms in total. The number of rotatable bonds is 7. The molecule has 0 bridgehead atoms. The summed E-state index contributed by atoms with van der Waals surface area (Å²) in [6.45, 7) is 4.05. The van der Waals surface area contributed by atoms with Crippen LogP contribution in [0.15, 0.2) is 18.2 Å². The maximum Gasteiger partial charge on any atom is 0.0576 e. The summed E-state index contributed by atoms with van der Waals surface area (Å²) in [5.74, 6) is 0. The third kappa shape index (κ3) is 4.92. The summed E-state index contributed by atoms with van der Waals surface area (Å²) in [7, 11) is 0. The van der Waals surface area contributed by atoms with Crippen molar-refractivity contribution in [2.45, 2.75) is 51.2 Å². The van der Waals surface area contributed by atoms with Gasteiger partial charge in [0.15, 0.2) is 0 Å². The summed E-state index contributed by atoms with van der Waals surface area (Å²) >= 11 is 12.2. The van der Waals surface area contributed by atoms with E-state index in [1.807, 2.05) is 18.2 Å². The van der Waals surface area contributed by atoms with Crippen LogP contribution in [-0.2, 0) is 11.2 Å². The Bertz CT molecular complexity index is 419. The zero-order valence-electron chi connectivity index (χ0n) is 12.0. The summed E-state index contributed by atoms with van der Waals surface area (Å²) in [5.41, 5.74) is 1.16. The maximum atomic E-state index is 6.26. The molecule has 1 heterocycles. The van der Waals surface area contributed by atoms with E-state index < -0.39 is 0 Å². The Kier molecular flexibility index (Phi) is 6.63. The van der Waals surface area contributed by atoms with Crippen LogP contribution in [0.1, 0.15) is 38.2 Å². The van der Waals surface area contributed by atoms with E-state index in [0.717, 1.165) is 43.0 Å². The molecule has 1 fully saturated rings. The monoisotopic (exact) mass is 315 g/mol. The molecular weight excluding hydrogens is 293 g/mol. The number of hydrogen-bond donors (Lipinski definition) is 1. The van der Waals surface area contributed by atoms with E-state index in [1.165, 1.54) is 12.8 Å². The zero-order chi connectivity index (χ0) is 14.4. The molecule has 2 rings (SSSR count). The first-order chi connectivity index (χ1) is 9.69. The molecule has 0 aliphatic carbocycles. The molecular formula is C16H23Cl2NO. The summed E-state index contributed by atoms with van der Waals surface area (Å²) < 4.78 is 5.70. The first-order valence-corrected chi connectivity index (χ1v) is 8.23. The highest BCUT2D eigenvalue weighted by atomic mass is 35.5. The standard InChI is InChI=1S/C16H23Cl2NO/c1-2-19-14(7-8-15-4-3-9-20-15)10-12-5-6-13(17)11-16(12)18/h5-6,11,14-15,19H,2-4,7-10H2,1H3. The Morgan fingerprint density at radius 3 is 2.90 bits per heavy atom. The average molecular weight is 316 g/mol. The second kappa shape index (κ2) is 8.23. The normalized spacial score (nSPS) is 20.2. The van der Waals surface area contributed by atoms with Gasteiger partial charge in [0.1, 0.15) is 0 Å². The fourth-order valence-corrected chi connectivity index (χ4v) is 3.26. The lowest BCUT2D eigenvalue weighted by Gasteiger charge is -2.20. The van der Waals surface area contributed by atoms with Crippen LogP contribution in [0.3, 0.4) is 0 Å². The SMILES string of the molecule is CCNC(CCC1CCCO1)Cc1ccc(Cl)cc1Cl. The molecule has 112 valence electrons. The van der Waals surface area contributed by atoms with Crippen LogP contribution in [0.4, 0.5) is 0 Å². The van der Waals surface area contributed by atoms with Gasteiger partial charge in [-0.25, -0.2) is 0 Å². The summed E-state index contributed by atoms with van der Waals surface area (Å²) in [5, 5.41) is 5.00. The summed E-state index contributed by atoms with van der Waals surface area (Å²) in [6, 6.07) is 6.21. The van der Waals surface area contributed by atoms with Crippen LogP contribution in [-0.4, -0.2) is 25.3 Å². The number of nitrogens with one attached hydrogen (secondary N) is 1. The van der Waals surface area contributed by atoms with Gasteiger partial charge in [-0.15, -0.1) is 0 Å². The van der Waals surface area contributed by atoms with Crippen LogP contribution in [0.25, 0.3) is 0 Å². The van der Waals surface area contributed by atoms with Crippen LogP contribution in [0.2, 0.25) is 10.0 Å². The number of hydrogen-bond acceptors (Lipinski definition) is 2. The summed E-state index contributed by atoms with van der Waals surface area (Å²) in [4.78, 5) is 0. The highest BCUT2D eigenvalue weighted by molar-refractivity contribution is 6.35. The highest BCUT2D eigenvalue weighted by Crippen LogP contribution is 2.24. The zero-order valence-corrected chi connectivity index (χ0v) is 13.5. The smallest absolute Gasteiger partial charge is 0.0576 e. The number of likely N-dealkylation sites (N-methyl/N-ethyl adjacent to an activating group) is 1. The van der Waals surface area contributed by atoms with Gasteiger partial charge in [0.25, 0.3) is 0 Å². The van der Waals surface area contributed by atoms with Gasteiger partial charge in [-0.05, 0) is 56.3 Å². The van der Waals surface area contributed by atoms with E-state index in [-0.39, 0.29) is 0 Å². The molecule has 1 aliphatic heterocycles. The topological polar surface area (TPSA) is 21.3 Å². The van der Waals surface area contributed by atoms with Gasteiger partial charge in [-0.1, -0.05) is 36.2 Å². The van der Waals surface area contributed by atoms with E-state index in [0.29, 0.717) is 17.2 Å². The fourth-order valence-electron chi connectivity index (χ4n) is 2.78. The molecule has 4 heteroatoms. The number of ether oxygens (including phenoxy) is 1. The lowest BCUT2D eigenvalue weighted by molar-refractivity contribution is 0.0996. The quantitative estimate of drug-likeness (QED) is 0.801. The second-order valence-electron chi connectivity index (χ2n) is 5.41. The molecule has 0 radical (unpaired) electrons. The summed E-state index contributed by atoms with van der Waals surface area (Å²) in [6.07, 6.45) is 6.06. The first-order valence-electron chi connectivity index (χ1n) is 7.48. The second-order valence-corrected chi connectivity index (χ2v) is 6.25. The van der Waals surface area contributed by atoms with E-state index in [9.17, 15) is 0 Å². The Morgan fingerprint density at radius 1 is 1.40 bits per heavy atom. The molecule has 0 spiro atoms. The van der Waals surface area contributed by atoms with Gasteiger partial charge in [-0.2, -0.15) is 0 Å². The van der Waals surface area contributed by atoms with Crippen molar-refractivity contribution in [2.75, 3.05) is 13.2 Å². The lowest BCUT2D eigenvalue weighted by atomic mass is 9.99. The van der Waals surface area contributed by atoms with Crippen molar-refractivity contribution in [3.63, 3.8) is 0 Å². The fraction of sp³-hybridized carbons (Fsp3) is 0.625. The Morgan fingerprint density at radius 2 is 2.25 bits per heavy atom. The van der Waals surface area contributed by atoms with Gasteiger partial charge < -0.3 is 10.1 Å². The average Bonchev–Trinajstić information content (AvgIpc) is 2.92. The van der Waals surface area contributed by atoms with Crippen molar-refractivity contribution < 1.29 is 4.74 Å². The number of benzene rings is 1. The van der Waals surface area contributed by atoms with Crippen molar-refractivity contribution in [1.29, 1.82) is 0 Å². The van der Waals surface area contributed by atoms with Gasteiger partial charge in [0.05, 0.1) is 6.10 Å². The predicted molar refractivity (Wildman–Crippen MR) is 85.8 cm³/mol. The van der Waals surface area contributed by atoms with Crippen molar-refractivity contribution in [3.8, 4) is 0 Å². The van der Waals surface area contributed by atoms with Crippen molar-refractivity contribution in [3.05, 3.63) is 33.8 Å². The predicted octanol–water partition coefficient (Wildman–Crippen LogP) is 4.47. The third-order valence-electron chi connectivity index (χ3n) is 3.84. The van der Waals surface area contributed by atoms with Crippen LogP contribution >= 0.6 is 23.2 Å². The Hall–Kier alpha value is -0.280. The minimum atomic E-state index is 0.447. The van der Waals surface area contributed by atoms with Gasteiger partial charge >= 0.3 is 0 Å². The first kappa shape index (κ1) is 16.1. The molecule has 0 amide bonds. The van der Waals surface area contributed by atoms with Crippen LogP contribution < -0.4 is 5.32 Å². The van der Waals surface area contributed by atoms with Crippen molar-refractivity contribution in [2.24, 2.45) is 0 Å². The van der Waals surface area contributed by atoms with E-state index in [2.05, 4.69) is 12.2 Å². The highest BCUT2D eigenvalue weighted by Gasteiger charge is 2.18. The molecule has 1 aromatic carbocycles. The van der Waals surface area contributed by atoms with Gasteiger partial charge in [-0.3, -0.25) is 0 Å². The van der Waals surface area contributed by atoms with Crippen LogP contribution in [0, 0.1) is 0 Å². The molecule has 0 aromatic heterocycles. The molecule has 20 heavy (non-hydrogen) atoms. The molecule has 1 aromatic rings. The van der Waals surface area contributed by atoms with E-state index >= 15 is 0 Å². The molecule has 1 N–H and O–H groups in total. The van der Waals surface area contributed by atoms with Crippen molar-refractivity contribution in [1.82, 2.24) is 5.32 Å². The van der Waals surface area contributed by atoms with Gasteiger partial charge in [0, 0.05) is 22.7 Å². The van der Waals surface area contributed by atoms with E-state index in [1.54, 1.807) is 0 Å². The largest absolute Gasteiger partial charge is 0.378 e. The third-order valence-corrected chi connectivity index (χ3v) is 4.42. The molecule has 1 saturated heterocycles. The molecule has 1 aliphatic rings. The molecule has 2 atom stereocenters. The molecule has 0 saturated carbocycles. The van der Waals surface area contributed by atoms with Crippen LogP contribution in [0.5, 0.6) is 0 Å². The minimum Gasteiger partial charge on any atom is -0.378 e. The molecule has 2 unspecified atom stereocenters. The minimum absolute atomic E-state index is 0.447. The number of halogens is 2. The Balaban J connectivity index is 1.90. The van der Waals surface area contributed by atoms with Gasteiger partial charge in [0.2, 0.25) is 0 Å². The van der Waals surface area contributed by atoms with Crippen molar-refractivity contribution >= 4 is 23.2 Å². The van der Waals surface area contributed by atoms with E-state index in [4.69, 9.17) is 27.9 Å². The Labute approximate surface area is 131 Å².